The van der Waals surface area contributed by atoms with E-state index in [0.29, 0.717) is 23.3 Å². The van der Waals surface area contributed by atoms with E-state index in [9.17, 15) is 30.0 Å². The average molecular weight is 463 g/mol. The molecule has 1 aromatic heterocycles. The number of carbonyl (C=O) groups excluding carboxylic acids is 1. The van der Waals surface area contributed by atoms with Crippen molar-refractivity contribution in [1.82, 2.24) is 0 Å². The van der Waals surface area contributed by atoms with Gasteiger partial charge in [0.25, 0.3) is 0 Å². The molecule has 0 amide bonds. The standard InChI is InChI=1S/C20H32NO2.F6P/c1-5-6-11-21-12-9-17(10-13-21)20(22)23-19-14-16(4)7-8-18(19)15(2)3;1-7(2,3,4,5)6/h9-10,12-13,15-16,18-19H,5-8,11,14H2,1-4H3;/q+1;-1/t16-,18+,19-;/m1./s1. The first kappa shape index (κ1) is 26.7. The van der Waals surface area contributed by atoms with E-state index in [-0.39, 0.29) is 12.1 Å². The van der Waals surface area contributed by atoms with Crippen LogP contribution in [0.4, 0.5) is 25.2 Å². The summed E-state index contributed by atoms with van der Waals surface area (Å²) in [5.74, 6) is 1.53. The zero-order valence-electron chi connectivity index (χ0n) is 17.8. The van der Waals surface area contributed by atoms with Gasteiger partial charge in [-0.05, 0) is 30.6 Å². The number of aromatic nitrogens is 1. The zero-order chi connectivity index (χ0) is 23.2. The number of hydrogen-bond acceptors (Lipinski definition) is 2. The maximum absolute atomic E-state index is 12.5. The van der Waals surface area contributed by atoms with Crippen molar-refractivity contribution in [3.05, 3.63) is 30.1 Å². The molecule has 1 fully saturated rings. The summed E-state index contributed by atoms with van der Waals surface area (Å²) in [4.78, 5) is 12.5. The molecule has 1 aliphatic carbocycles. The first-order chi connectivity index (χ1) is 13.5. The Morgan fingerprint density at radius 3 is 2.13 bits per heavy atom. The molecule has 10 heteroatoms. The summed E-state index contributed by atoms with van der Waals surface area (Å²) in [7, 11) is -10.7. The van der Waals surface area contributed by atoms with Gasteiger partial charge in [-0.25, -0.2) is 9.36 Å². The normalized spacial score (nSPS) is 24.3. The van der Waals surface area contributed by atoms with Gasteiger partial charge in [0.15, 0.2) is 12.4 Å². The number of rotatable bonds is 6. The van der Waals surface area contributed by atoms with Crippen molar-refractivity contribution in [3.63, 3.8) is 0 Å². The van der Waals surface area contributed by atoms with Crippen LogP contribution in [0.15, 0.2) is 24.5 Å². The molecule has 0 aromatic carbocycles. The van der Waals surface area contributed by atoms with Gasteiger partial charge in [0.05, 0.1) is 5.56 Å². The molecule has 2 rings (SSSR count). The molecule has 0 saturated heterocycles. The second-order valence-corrected chi connectivity index (χ2v) is 10.3. The van der Waals surface area contributed by atoms with Crippen LogP contribution >= 0.6 is 7.81 Å². The van der Waals surface area contributed by atoms with Crippen LogP contribution in [0.3, 0.4) is 0 Å². The minimum absolute atomic E-state index is 0.0682. The summed E-state index contributed by atoms with van der Waals surface area (Å²) in [6.45, 7) is 9.92. The molecule has 1 aromatic rings. The number of hydrogen-bond donors (Lipinski definition) is 0. The Morgan fingerprint density at radius 2 is 1.67 bits per heavy atom. The molecular formula is C20H32F6NO2P. The first-order valence-corrected chi connectivity index (χ1v) is 12.3. The molecule has 3 atom stereocenters. The van der Waals surface area contributed by atoms with E-state index in [1.54, 1.807) is 0 Å². The van der Waals surface area contributed by atoms with Crippen LogP contribution in [-0.4, -0.2) is 12.1 Å². The van der Waals surface area contributed by atoms with Gasteiger partial charge >= 0.3 is 39.0 Å². The van der Waals surface area contributed by atoms with Crippen molar-refractivity contribution >= 4 is 13.8 Å². The fourth-order valence-corrected chi connectivity index (χ4v) is 3.54. The predicted octanol–water partition coefficient (Wildman–Crippen LogP) is 7.77. The van der Waals surface area contributed by atoms with Gasteiger partial charge < -0.3 is 4.74 Å². The van der Waals surface area contributed by atoms with Crippen LogP contribution in [0.25, 0.3) is 0 Å². The predicted molar refractivity (Wildman–Crippen MR) is 106 cm³/mol. The topological polar surface area (TPSA) is 30.2 Å². The van der Waals surface area contributed by atoms with Crippen LogP contribution in [0.5, 0.6) is 0 Å². The molecule has 0 unspecified atom stereocenters. The number of ether oxygens (including phenoxy) is 1. The van der Waals surface area contributed by atoms with Crippen LogP contribution in [0.2, 0.25) is 0 Å². The Labute approximate surface area is 174 Å². The molecule has 30 heavy (non-hydrogen) atoms. The molecule has 0 spiro atoms. The molecule has 1 aliphatic rings. The molecular weight excluding hydrogens is 431 g/mol. The van der Waals surface area contributed by atoms with Gasteiger partial charge in [0.2, 0.25) is 0 Å². The number of unbranched alkanes of at least 4 members (excludes halogenated alkanes) is 1. The fraction of sp³-hybridized carbons (Fsp3) is 0.700. The first-order valence-electron chi connectivity index (χ1n) is 10.2. The zero-order valence-corrected chi connectivity index (χ0v) is 18.7. The van der Waals surface area contributed by atoms with Gasteiger partial charge in [-0.1, -0.05) is 40.5 Å². The second-order valence-electron chi connectivity index (χ2n) is 8.41. The van der Waals surface area contributed by atoms with Crippen molar-refractivity contribution in [3.8, 4) is 0 Å². The monoisotopic (exact) mass is 463 g/mol. The van der Waals surface area contributed by atoms with E-state index in [1.807, 2.05) is 24.5 Å². The molecule has 0 bridgehead atoms. The number of nitrogens with zero attached hydrogens (tertiary/aromatic N) is 1. The number of aryl methyl sites for hydroxylation is 1. The van der Waals surface area contributed by atoms with Gasteiger partial charge in [-0.15, -0.1) is 0 Å². The van der Waals surface area contributed by atoms with Crippen molar-refractivity contribution in [2.75, 3.05) is 0 Å². The summed E-state index contributed by atoms with van der Waals surface area (Å²) in [6.07, 6.45) is 9.78. The van der Waals surface area contributed by atoms with Gasteiger partial charge in [-0.3, -0.25) is 0 Å². The van der Waals surface area contributed by atoms with E-state index in [4.69, 9.17) is 4.74 Å². The van der Waals surface area contributed by atoms with E-state index in [1.165, 1.54) is 19.3 Å². The minimum atomic E-state index is -10.7. The summed E-state index contributed by atoms with van der Waals surface area (Å²) >= 11 is 0. The Kier molecular flexibility index (Phi) is 8.36. The van der Waals surface area contributed by atoms with Crippen molar-refractivity contribution in [2.24, 2.45) is 17.8 Å². The number of halogens is 6. The van der Waals surface area contributed by atoms with E-state index in [0.717, 1.165) is 19.4 Å². The Bertz CT molecular complexity index is 680. The van der Waals surface area contributed by atoms with Crippen molar-refractivity contribution in [2.45, 2.75) is 72.4 Å². The molecule has 1 heterocycles. The van der Waals surface area contributed by atoms with Gasteiger partial charge in [0.1, 0.15) is 12.6 Å². The van der Waals surface area contributed by atoms with Gasteiger partial charge in [0, 0.05) is 18.6 Å². The maximum atomic E-state index is 12.5. The summed E-state index contributed by atoms with van der Waals surface area (Å²) in [5.41, 5.74) is 0.665. The molecule has 0 N–H and O–H groups in total. The average Bonchev–Trinajstić information content (AvgIpc) is 2.57. The van der Waals surface area contributed by atoms with Crippen LogP contribution in [0, 0.1) is 17.8 Å². The quantitative estimate of drug-likeness (QED) is 0.187. The number of esters is 1. The van der Waals surface area contributed by atoms with E-state index >= 15 is 0 Å². The molecule has 3 nitrogen and oxygen atoms in total. The Balaban J connectivity index is 0.000000553. The summed E-state index contributed by atoms with van der Waals surface area (Å²) in [6, 6.07) is 3.77. The third kappa shape index (κ3) is 12.4. The van der Waals surface area contributed by atoms with Crippen molar-refractivity contribution < 1.29 is 39.3 Å². The van der Waals surface area contributed by atoms with Crippen molar-refractivity contribution in [1.29, 1.82) is 0 Å². The van der Waals surface area contributed by atoms with E-state index in [2.05, 4.69) is 32.3 Å². The SMILES string of the molecule is CCCC[n+]1ccc(C(=O)O[C@@H]2C[C@H](C)CC[C@H]2C(C)C)cc1.F[P-](F)(F)(F)(F)F. The summed E-state index contributed by atoms with van der Waals surface area (Å²) < 4.78 is 67.2. The Hall–Kier alpha value is -1.37. The third-order valence-corrected chi connectivity index (χ3v) is 5.12. The van der Waals surface area contributed by atoms with Crippen LogP contribution in [0.1, 0.15) is 70.2 Å². The number of pyridine rings is 1. The molecule has 1 saturated carbocycles. The van der Waals surface area contributed by atoms with Crippen LogP contribution in [-0.2, 0) is 11.3 Å². The molecule has 0 aliphatic heterocycles. The third-order valence-electron chi connectivity index (χ3n) is 5.12. The Morgan fingerprint density at radius 1 is 1.13 bits per heavy atom. The summed E-state index contributed by atoms with van der Waals surface area (Å²) in [5, 5.41) is 0. The molecule has 176 valence electrons. The second kappa shape index (κ2) is 9.41. The van der Waals surface area contributed by atoms with Gasteiger partial charge in [-0.2, -0.15) is 0 Å². The molecule has 0 radical (unpaired) electrons. The number of carbonyl (C=O) groups is 1. The van der Waals surface area contributed by atoms with E-state index < -0.39 is 7.81 Å². The van der Waals surface area contributed by atoms with Crippen LogP contribution < -0.4 is 4.57 Å². The fourth-order valence-electron chi connectivity index (χ4n) is 3.54.